The average Bonchev–Trinajstić information content (AvgIpc) is 3.39. The highest BCUT2D eigenvalue weighted by Gasteiger charge is 2.22. The minimum atomic E-state index is -0.592. The summed E-state index contributed by atoms with van der Waals surface area (Å²) >= 11 is 1.19. The van der Waals surface area contributed by atoms with Crippen LogP contribution in [-0.4, -0.2) is 25.8 Å². The molecule has 0 bridgehead atoms. The summed E-state index contributed by atoms with van der Waals surface area (Å²) in [6, 6.07) is 11.1. The van der Waals surface area contributed by atoms with E-state index in [4.69, 9.17) is 14.2 Å². The van der Waals surface area contributed by atoms with Crippen molar-refractivity contribution in [2.75, 3.05) is 19.2 Å². The first kappa shape index (κ1) is 19.7. The smallest absolute Gasteiger partial charge is 0.341 e. The number of hydrogen-bond donors (Lipinski definition) is 1. The number of thiophene rings is 1. The van der Waals surface area contributed by atoms with Crippen molar-refractivity contribution in [3.05, 3.63) is 70.9 Å². The van der Waals surface area contributed by atoms with Crippen LogP contribution in [0, 0.1) is 5.82 Å². The van der Waals surface area contributed by atoms with Crippen LogP contribution in [0.3, 0.4) is 0 Å². The van der Waals surface area contributed by atoms with Gasteiger partial charge in [0.1, 0.15) is 16.4 Å². The minimum Gasteiger partial charge on any atom is -0.465 e. The fourth-order valence-electron chi connectivity index (χ4n) is 2.94. The maximum atomic E-state index is 13.2. The molecule has 4 rings (SSSR count). The summed E-state index contributed by atoms with van der Waals surface area (Å²) in [6.07, 6.45) is 2.99. The Balaban J connectivity index is 1.55. The number of anilines is 1. The van der Waals surface area contributed by atoms with Crippen molar-refractivity contribution in [1.82, 2.24) is 0 Å². The summed E-state index contributed by atoms with van der Waals surface area (Å²) in [6.45, 7) is 0.175. The van der Waals surface area contributed by atoms with Gasteiger partial charge in [-0.3, -0.25) is 4.79 Å². The number of methoxy groups -OCH3 is 1. The molecule has 0 aliphatic carbocycles. The number of ether oxygens (including phenoxy) is 3. The first-order valence-corrected chi connectivity index (χ1v) is 9.77. The number of esters is 1. The van der Waals surface area contributed by atoms with Gasteiger partial charge in [0.15, 0.2) is 11.5 Å². The molecule has 1 aromatic heterocycles. The topological polar surface area (TPSA) is 73.9 Å². The van der Waals surface area contributed by atoms with Gasteiger partial charge in [-0.15, -0.1) is 11.3 Å². The highest BCUT2D eigenvalue weighted by molar-refractivity contribution is 7.15. The molecule has 30 heavy (non-hydrogen) atoms. The van der Waals surface area contributed by atoms with E-state index in [1.807, 2.05) is 0 Å². The molecular weight excluding hydrogens is 409 g/mol. The van der Waals surface area contributed by atoms with Gasteiger partial charge in [0, 0.05) is 17.0 Å². The van der Waals surface area contributed by atoms with E-state index in [1.165, 1.54) is 36.7 Å². The molecule has 6 nitrogen and oxygen atoms in total. The van der Waals surface area contributed by atoms with Crippen LogP contribution < -0.4 is 14.8 Å². The van der Waals surface area contributed by atoms with E-state index in [0.717, 1.165) is 5.56 Å². The Morgan fingerprint density at radius 3 is 2.67 bits per heavy atom. The zero-order chi connectivity index (χ0) is 21.1. The molecule has 0 spiro atoms. The SMILES string of the molecule is COC(=O)c1c(-c2ccc(F)cc2)csc1NC(=O)C=Cc1ccc2c(c1)OCO2. The monoisotopic (exact) mass is 425 g/mol. The fraction of sp³-hybridized carbons (Fsp3) is 0.0909. The lowest BCUT2D eigenvalue weighted by Gasteiger charge is -2.06. The van der Waals surface area contributed by atoms with Gasteiger partial charge in [-0.1, -0.05) is 18.2 Å². The first-order valence-electron chi connectivity index (χ1n) is 8.89. The van der Waals surface area contributed by atoms with Crippen LogP contribution in [0.2, 0.25) is 0 Å². The molecule has 1 N–H and O–H groups in total. The zero-order valence-electron chi connectivity index (χ0n) is 15.8. The molecular formula is C22H16FNO5S. The van der Waals surface area contributed by atoms with E-state index in [9.17, 15) is 14.0 Å². The predicted octanol–water partition coefficient (Wildman–Crippen LogP) is 4.72. The van der Waals surface area contributed by atoms with Crippen LogP contribution in [0.4, 0.5) is 9.39 Å². The minimum absolute atomic E-state index is 0.175. The van der Waals surface area contributed by atoms with Gasteiger partial charge in [-0.2, -0.15) is 0 Å². The van der Waals surface area contributed by atoms with Gasteiger partial charge >= 0.3 is 5.97 Å². The lowest BCUT2D eigenvalue weighted by molar-refractivity contribution is -0.111. The summed E-state index contributed by atoms with van der Waals surface area (Å²) in [7, 11) is 1.26. The third-order valence-electron chi connectivity index (χ3n) is 4.40. The molecule has 0 saturated carbocycles. The van der Waals surface area contributed by atoms with Crippen molar-refractivity contribution in [3.8, 4) is 22.6 Å². The van der Waals surface area contributed by atoms with Crippen molar-refractivity contribution in [1.29, 1.82) is 0 Å². The highest BCUT2D eigenvalue weighted by atomic mass is 32.1. The second kappa shape index (κ2) is 8.38. The van der Waals surface area contributed by atoms with Crippen molar-refractivity contribution in [2.45, 2.75) is 0 Å². The average molecular weight is 425 g/mol. The number of amides is 1. The van der Waals surface area contributed by atoms with E-state index in [-0.39, 0.29) is 18.2 Å². The summed E-state index contributed by atoms with van der Waals surface area (Å²) in [5, 5.41) is 4.78. The number of halogens is 1. The summed E-state index contributed by atoms with van der Waals surface area (Å²) in [5.41, 5.74) is 2.19. The van der Waals surface area contributed by atoms with Crippen LogP contribution in [0.25, 0.3) is 17.2 Å². The normalized spacial score (nSPS) is 12.2. The van der Waals surface area contributed by atoms with E-state index >= 15 is 0 Å². The van der Waals surface area contributed by atoms with E-state index in [1.54, 1.807) is 41.8 Å². The molecule has 3 aromatic rings. The molecule has 8 heteroatoms. The fourth-order valence-corrected chi connectivity index (χ4v) is 3.90. The van der Waals surface area contributed by atoms with Gasteiger partial charge in [-0.25, -0.2) is 9.18 Å². The summed E-state index contributed by atoms with van der Waals surface area (Å²) in [5.74, 6) is -0.106. The maximum Gasteiger partial charge on any atom is 0.341 e. The number of hydrogen-bond acceptors (Lipinski definition) is 6. The van der Waals surface area contributed by atoms with Crippen LogP contribution in [0.15, 0.2) is 53.9 Å². The van der Waals surface area contributed by atoms with Gasteiger partial charge in [0.2, 0.25) is 12.7 Å². The summed E-state index contributed by atoms with van der Waals surface area (Å²) < 4.78 is 28.7. The molecule has 0 saturated heterocycles. The number of carbonyl (C=O) groups is 2. The van der Waals surface area contributed by atoms with Crippen LogP contribution in [0.5, 0.6) is 11.5 Å². The maximum absolute atomic E-state index is 13.2. The number of nitrogens with one attached hydrogen (secondary N) is 1. The Morgan fingerprint density at radius 1 is 1.13 bits per heavy atom. The van der Waals surface area contributed by atoms with Crippen LogP contribution in [-0.2, 0) is 9.53 Å². The molecule has 0 unspecified atom stereocenters. The number of fused-ring (bicyclic) bond motifs is 1. The van der Waals surface area contributed by atoms with E-state index in [2.05, 4.69) is 5.32 Å². The van der Waals surface area contributed by atoms with Gasteiger partial charge < -0.3 is 19.5 Å². The molecule has 1 amide bonds. The molecule has 1 aliphatic rings. The van der Waals surface area contributed by atoms with Crippen molar-refractivity contribution < 1.29 is 28.2 Å². The van der Waals surface area contributed by atoms with Crippen molar-refractivity contribution in [2.24, 2.45) is 0 Å². The van der Waals surface area contributed by atoms with E-state index in [0.29, 0.717) is 27.6 Å². The Kier molecular flexibility index (Phi) is 5.49. The Bertz CT molecular complexity index is 1140. The third kappa shape index (κ3) is 4.04. The molecule has 1 aliphatic heterocycles. The third-order valence-corrected chi connectivity index (χ3v) is 5.29. The second-order valence-corrected chi connectivity index (χ2v) is 7.17. The Hall–Kier alpha value is -3.65. The molecule has 0 atom stereocenters. The predicted molar refractivity (Wildman–Crippen MR) is 111 cm³/mol. The molecule has 152 valence electrons. The van der Waals surface area contributed by atoms with Crippen LogP contribution in [0.1, 0.15) is 15.9 Å². The number of benzene rings is 2. The summed E-state index contributed by atoms with van der Waals surface area (Å²) in [4.78, 5) is 24.8. The van der Waals surface area contributed by atoms with Crippen molar-refractivity contribution >= 4 is 34.3 Å². The van der Waals surface area contributed by atoms with Crippen molar-refractivity contribution in [3.63, 3.8) is 0 Å². The largest absolute Gasteiger partial charge is 0.465 e. The van der Waals surface area contributed by atoms with E-state index < -0.39 is 11.9 Å². The highest BCUT2D eigenvalue weighted by Crippen LogP contribution is 2.36. The molecule has 0 radical (unpaired) electrons. The Morgan fingerprint density at radius 2 is 1.90 bits per heavy atom. The second-order valence-electron chi connectivity index (χ2n) is 6.29. The number of carbonyl (C=O) groups excluding carboxylic acids is 2. The number of rotatable bonds is 5. The van der Waals surface area contributed by atoms with Gasteiger partial charge in [0.25, 0.3) is 0 Å². The quantitative estimate of drug-likeness (QED) is 0.473. The first-order chi connectivity index (χ1) is 14.5. The lowest BCUT2D eigenvalue weighted by Crippen LogP contribution is -2.11. The molecule has 2 heterocycles. The Labute approximate surface area is 175 Å². The molecule has 0 fully saturated rings. The van der Waals surface area contributed by atoms with Crippen LogP contribution >= 0.6 is 11.3 Å². The standard InChI is InChI=1S/C22H16FNO5S/c1-27-22(26)20-16(14-4-6-15(23)7-5-14)11-30-21(20)24-19(25)9-3-13-2-8-17-18(10-13)29-12-28-17/h2-11H,12H2,1H3,(H,24,25). The lowest BCUT2D eigenvalue weighted by atomic mass is 10.0. The van der Waals surface area contributed by atoms with Gasteiger partial charge in [-0.05, 0) is 41.5 Å². The van der Waals surface area contributed by atoms with Gasteiger partial charge in [0.05, 0.1) is 7.11 Å². The zero-order valence-corrected chi connectivity index (χ0v) is 16.6. The molecule has 2 aromatic carbocycles.